The van der Waals surface area contributed by atoms with Crippen LogP contribution < -0.4 is 10.5 Å². The Morgan fingerprint density at radius 2 is 2.00 bits per heavy atom. The molecule has 21 heavy (non-hydrogen) atoms. The van der Waals surface area contributed by atoms with Gasteiger partial charge in [0.05, 0.1) is 9.77 Å². The summed E-state index contributed by atoms with van der Waals surface area (Å²) in [4.78, 5) is 13.9. The molecule has 0 unspecified atom stereocenters. The van der Waals surface area contributed by atoms with Crippen LogP contribution in [0.25, 0.3) is 0 Å². The fourth-order valence-electron chi connectivity index (χ4n) is 1.83. The highest BCUT2D eigenvalue weighted by molar-refractivity contribution is 7.89. The Hall–Kier alpha value is -1.70. The Morgan fingerprint density at radius 1 is 1.29 bits per heavy atom. The second-order valence-corrected chi connectivity index (χ2v) is 7.33. The minimum absolute atomic E-state index is 0.0300. The number of aryl methyl sites for hydroxylation is 2. The number of rotatable bonds is 4. The number of sulfonamides is 1. The van der Waals surface area contributed by atoms with Gasteiger partial charge in [0, 0.05) is 10.6 Å². The summed E-state index contributed by atoms with van der Waals surface area (Å²) in [6, 6.07) is 8.07. The van der Waals surface area contributed by atoms with E-state index in [0.717, 1.165) is 11.3 Å². The fourth-order valence-corrected chi connectivity index (χ4v) is 3.27. The third-order valence-electron chi connectivity index (χ3n) is 3.01. The summed E-state index contributed by atoms with van der Waals surface area (Å²) in [7, 11) is -3.73. The number of thiophene rings is 1. The fraction of sp³-hybridized carbons (Fsp3) is 0.214. The van der Waals surface area contributed by atoms with Crippen LogP contribution in [-0.2, 0) is 16.4 Å². The third-order valence-corrected chi connectivity index (χ3v) is 5.15. The van der Waals surface area contributed by atoms with Gasteiger partial charge >= 0.3 is 0 Å². The van der Waals surface area contributed by atoms with Crippen molar-refractivity contribution in [3.8, 4) is 0 Å². The van der Waals surface area contributed by atoms with Gasteiger partial charge in [-0.05, 0) is 49.2 Å². The first kappa shape index (κ1) is 15.7. The maximum absolute atomic E-state index is 12.1. The highest BCUT2D eigenvalue weighted by atomic mass is 32.2. The second-order valence-electron chi connectivity index (χ2n) is 4.60. The van der Waals surface area contributed by atoms with Gasteiger partial charge in [-0.3, -0.25) is 4.79 Å². The first-order valence-electron chi connectivity index (χ1n) is 6.34. The van der Waals surface area contributed by atoms with Crippen molar-refractivity contribution in [2.75, 3.05) is 5.32 Å². The lowest BCUT2D eigenvalue weighted by atomic mass is 10.2. The van der Waals surface area contributed by atoms with E-state index >= 15 is 0 Å². The zero-order chi connectivity index (χ0) is 15.6. The molecule has 7 heteroatoms. The Kier molecular flexibility index (Phi) is 4.46. The summed E-state index contributed by atoms with van der Waals surface area (Å²) >= 11 is 1.45. The molecular formula is C14H16N2O3S2. The molecule has 0 aliphatic rings. The van der Waals surface area contributed by atoms with E-state index in [0.29, 0.717) is 16.1 Å². The molecule has 2 rings (SSSR count). The van der Waals surface area contributed by atoms with Crippen LogP contribution in [0.4, 0.5) is 5.69 Å². The van der Waals surface area contributed by atoms with Crippen LogP contribution in [0.5, 0.6) is 0 Å². The van der Waals surface area contributed by atoms with Crippen molar-refractivity contribution < 1.29 is 13.2 Å². The molecule has 112 valence electrons. The maximum atomic E-state index is 12.1. The van der Waals surface area contributed by atoms with Crippen molar-refractivity contribution in [2.24, 2.45) is 5.14 Å². The summed E-state index contributed by atoms with van der Waals surface area (Å²) in [5, 5.41) is 7.85. The number of hydrogen-bond acceptors (Lipinski definition) is 4. The van der Waals surface area contributed by atoms with Crippen LogP contribution in [0.3, 0.4) is 0 Å². The van der Waals surface area contributed by atoms with Crippen LogP contribution in [0.15, 0.2) is 35.2 Å². The van der Waals surface area contributed by atoms with Crippen molar-refractivity contribution in [2.45, 2.75) is 25.2 Å². The molecule has 1 aromatic carbocycles. The number of carbonyl (C=O) groups is 1. The van der Waals surface area contributed by atoms with Gasteiger partial charge in [-0.2, -0.15) is 0 Å². The van der Waals surface area contributed by atoms with Crippen LogP contribution in [-0.4, -0.2) is 14.3 Å². The van der Waals surface area contributed by atoms with E-state index in [1.54, 1.807) is 19.1 Å². The van der Waals surface area contributed by atoms with E-state index in [9.17, 15) is 13.2 Å². The van der Waals surface area contributed by atoms with E-state index < -0.39 is 10.0 Å². The minimum Gasteiger partial charge on any atom is -0.321 e. The number of hydrogen-bond donors (Lipinski definition) is 2. The smallest absolute Gasteiger partial charge is 0.265 e. The quantitative estimate of drug-likeness (QED) is 0.905. The number of anilines is 1. The molecule has 0 saturated heterocycles. The standard InChI is InChI=1S/C14H16N2O3S2/c1-3-10-4-7-13(20-10)14(17)16-12-6-5-11(8-9(12)2)21(15,18)19/h4-8H,3H2,1-2H3,(H,16,17)(H2,15,18,19). The van der Waals surface area contributed by atoms with Gasteiger partial charge in [0.2, 0.25) is 10.0 Å². The first-order chi connectivity index (χ1) is 9.81. The monoisotopic (exact) mass is 324 g/mol. The van der Waals surface area contributed by atoms with Crippen molar-refractivity contribution in [3.05, 3.63) is 45.6 Å². The predicted octanol–water partition coefficient (Wildman–Crippen LogP) is 2.52. The number of nitrogens with two attached hydrogens (primary N) is 1. The van der Waals surface area contributed by atoms with Gasteiger partial charge in [-0.25, -0.2) is 13.6 Å². The van der Waals surface area contributed by atoms with Gasteiger partial charge in [0.25, 0.3) is 5.91 Å². The molecule has 5 nitrogen and oxygen atoms in total. The topological polar surface area (TPSA) is 89.3 Å². The van der Waals surface area contributed by atoms with E-state index in [1.807, 2.05) is 13.0 Å². The number of carbonyl (C=O) groups excluding carboxylic acids is 1. The van der Waals surface area contributed by atoms with E-state index in [-0.39, 0.29) is 10.8 Å². The lowest BCUT2D eigenvalue weighted by Gasteiger charge is -2.08. The van der Waals surface area contributed by atoms with Crippen LogP contribution in [0.1, 0.15) is 27.0 Å². The SMILES string of the molecule is CCc1ccc(C(=O)Nc2ccc(S(N)(=O)=O)cc2C)s1. The minimum atomic E-state index is -3.73. The Labute approximate surface area is 127 Å². The molecular weight excluding hydrogens is 308 g/mol. The van der Waals surface area contributed by atoms with Gasteiger partial charge in [0.1, 0.15) is 0 Å². The largest absolute Gasteiger partial charge is 0.321 e. The number of primary sulfonamides is 1. The zero-order valence-corrected chi connectivity index (χ0v) is 13.3. The van der Waals surface area contributed by atoms with Crippen molar-refractivity contribution >= 4 is 33.0 Å². The van der Waals surface area contributed by atoms with Crippen LogP contribution in [0.2, 0.25) is 0 Å². The number of amides is 1. The second kappa shape index (κ2) is 5.97. The Morgan fingerprint density at radius 3 is 2.52 bits per heavy atom. The number of benzene rings is 1. The average molecular weight is 324 g/mol. The molecule has 1 aromatic heterocycles. The lowest BCUT2D eigenvalue weighted by molar-refractivity contribution is 0.103. The van der Waals surface area contributed by atoms with Crippen LogP contribution >= 0.6 is 11.3 Å². The normalized spacial score (nSPS) is 11.4. The summed E-state index contributed by atoms with van der Waals surface area (Å²) in [6.45, 7) is 3.75. The van der Waals surface area contributed by atoms with Gasteiger partial charge < -0.3 is 5.32 Å². The molecule has 0 radical (unpaired) electrons. The highest BCUT2D eigenvalue weighted by Gasteiger charge is 2.13. The Balaban J connectivity index is 2.22. The number of nitrogens with one attached hydrogen (secondary N) is 1. The molecule has 1 amide bonds. The summed E-state index contributed by atoms with van der Waals surface area (Å²) in [5.74, 6) is -0.203. The van der Waals surface area contributed by atoms with Gasteiger partial charge in [-0.15, -0.1) is 11.3 Å². The molecule has 0 saturated carbocycles. The average Bonchev–Trinajstić information content (AvgIpc) is 2.88. The van der Waals surface area contributed by atoms with Gasteiger partial charge in [-0.1, -0.05) is 6.92 Å². The highest BCUT2D eigenvalue weighted by Crippen LogP contribution is 2.22. The summed E-state index contributed by atoms with van der Waals surface area (Å²) in [5.41, 5.74) is 1.21. The van der Waals surface area contributed by atoms with E-state index in [1.165, 1.54) is 23.5 Å². The third kappa shape index (κ3) is 3.69. The van der Waals surface area contributed by atoms with E-state index in [2.05, 4.69) is 5.32 Å². The Bertz CT molecular complexity index is 779. The van der Waals surface area contributed by atoms with Gasteiger partial charge in [0.15, 0.2) is 0 Å². The molecule has 3 N–H and O–H groups in total. The molecule has 0 fully saturated rings. The van der Waals surface area contributed by atoms with Crippen molar-refractivity contribution in [1.82, 2.24) is 0 Å². The predicted molar refractivity (Wildman–Crippen MR) is 84.2 cm³/mol. The lowest BCUT2D eigenvalue weighted by Crippen LogP contribution is -2.14. The summed E-state index contributed by atoms with van der Waals surface area (Å²) in [6.07, 6.45) is 0.889. The first-order valence-corrected chi connectivity index (χ1v) is 8.71. The summed E-state index contributed by atoms with van der Waals surface area (Å²) < 4.78 is 22.5. The molecule has 1 heterocycles. The molecule has 0 spiro atoms. The zero-order valence-electron chi connectivity index (χ0n) is 11.7. The molecule has 0 aliphatic heterocycles. The van der Waals surface area contributed by atoms with E-state index in [4.69, 9.17) is 5.14 Å². The molecule has 2 aromatic rings. The van der Waals surface area contributed by atoms with Crippen molar-refractivity contribution in [1.29, 1.82) is 0 Å². The van der Waals surface area contributed by atoms with Crippen LogP contribution in [0, 0.1) is 6.92 Å². The van der Waals surface area contributed by atoms with Crippen molar-refractivity contribution in [3.63, 3.8) is 0 Å². The molecule has 0 atom stereocenters. The molecule has 0 aliphatic carbocycles. The molecule has 0 bridgehead atoms. The maximum Gasteiger partial charge on any atom is 0.265 e.